The number of morpholine rings is 1. The second-order valence-corrected chi connectivity index (χ2v) is 8.88. The van der Waals surface area contributed by atoms with E-state index < -0.39 is 17.6 Å². The maximum Gasteiger partial charge on any atom is 0.416 e. The van der Waals surface area contributed by atoms with Crippen molar-refractivity contribution in [1.82, 2.24) is 9.97 Å². The lowest BCUT2D eigenvalue weighted by Crippen LogP contribution is -2.46. The van der Waals surface area contributed by atoms with Gasteiger partial charge in [0, 0.05) is 18.8 Å². The molecule has 0 radical (unpaired) electrons. The quantitative estimate of drug-likeness (QED) is 0.523. The fourth-order valence-corrected chi connectivity index (χ4v) is 4.54. The molecule has 1 saturated heterocycles. The van der Waals surface area contributed by atoms with Gasteiger partial charge in [-0.1, -0.05) is 30.0 Å². The van der Waals surface area contributed by atoms with Gasteiger partial charge in [-0.2, -0.15) is 13.2 Å². The Morgan fingerprint density at radius 1 is 1.09 bits per heavy atom. The molecule has 2 atom stereocenters. The molecule has 33 heavy (non-hydrogen) atoms. The van der Waals surface area contributed by atoms with E-state index in [0.29, 0.717) is 29.5 Å². The van der Waals surface area contributed by atoms with E-state index in [0.717, 1.165) is 17.6 Å². The van der Waals surface area contributed by atoms with Crippen molar-refractivity contribution in [3.63, 3.8) is 0 Å². The van der Waals surface area contributed by atoms with E-state index >= 15 is 0 Å². The van der Waals surface area contributed by atoms with Crippen LogP contribution in [0.15, 0.2) is 53.6 Å². The number of thioether (sulfide) groups is 1. The topological polar surface area (TPSA) is 67.4 Å². The number of rotatable bonds is 5. The molecule has 2 heterocycles. The predicted molar refractivity (Wildman–Crippen MR) is 123 cm³/mol. The van der Waals surface area contributed by atoms with Crippen molar-refractivity contribution in [2.75, 3.05) is 29.1 Å². The number of fused-ring (bicyclic) bond motifs is 1. The molecule has 1 aliphatic rings. The summed E-state index contributed by atoms with van der Waals surface area (Å²) in [6.07, 6.45) is -4.44. The minimum absolute atomic E-state index is 0.0177. The van der Waals surface area contributed by atoms with Crippen LogP contribution in [-0.2, 0) is 15.7 Å². The van der Waals surface area contributed by atoms with Gasteiger partial charge in [-0.05, 0) is 44.2 Å². The smallest absolute Gasteiger partial charge is 0.372 e. The molecule has 1 aromatic heterocycles. The summed E-state index contributed by atoms with van der Waals surface area (Å²) in [5.74, 6) is 0.225. The van der Waals surface area contributed by atoms with E-state index in [2.05, 4.69) is 10.2 Å². The number of nitrogens with one attached hydrogen (secondary N) is 1. The lowest BCUT2D eigenvalue weighted by Gasteiger charge is -2.36. The number of hydrogen-bond donors (Lipinski definition) is 1. The fourth-order valence-electron chi connectivity index (χ4n) is 3.73. The Kier molecular flexibility index (Phi) is 6.76. The Morgan fingerprint density at radius 2 is 1.76 bits per heavy atom. The number of hydrogen-bond acceptors (Lipinski definition) is 6. The highest BCUT2D eigenvalue weighted by Crippen LogP contribution is 2.32. The highest BCUT2D eigenvalue weighted by molar-refractivity contribution is 8.00. The standard InChI is InChI=1S/C23H23F3N4O2S/c1-14-11-30(12-15(2)32-14)21-22(29-19-9-4-3-8-18(19)28-21)33-13-20(31)27-17-7-5-6-16(10-17)23(24,25)26/h3-10,14-15H,11-13H2,1-2H3,(H,27,31)/t14-,15+. The first-order chi connectivity index (χ1) is 15.7. The van der Waals surface area contributed by atoms with Crippen molar-refractivity contribution < 1.29 is 22.7 Å². The van der Waals surface area contributed by atoms with E-state index in [9.17, 15) is 18.0 Å². The molecule has 2 aromatic carbocycles. The first-order valence-electron chi connectivity index (χ1n) is 10.5. The van der Waals surface area contributed by atoms with Crippen LogP contribution >= 0.6 is 11.8 Å². The maximum absolute atomic E-state index is 12.9. The molecule has 3 aromatic rings. The van der Waals surface area contributed by atoms with Crippen LogP contribution in [-0.4, -0.2) is 46.9 Å². The second kappa shape index (κ2) is 9.56. The van der Waals surface area contributed by atoms with Crippen LogP contribution < -0.4 is 10.2 Å². The number of para-hydroxylation sites is 2. The molecule has 0 saturated carbocycles. The molecule has 0 unspecified atom stereocenters. The molecule has 6 nitrogen and oxygen atoms in total. The van der Waals surface area contributed by atoms with E-state index in [4.69, 9.17) is 14.7 Å². The van der Waals surface area contributed by atoms with Crippen LogP contribution in [0.1, 0.15) is 19.4 Å². The molecular weight excluding hydrogens is 453 g/mol. The SMILES string of the molecule is C[C@@H]1CN(c2nc3ccccc3nc2SCC(=O)Nc2cccc(C(F)(F)F)c2)C[C@H](C)O1. The Hall–Kier alpha value is -2.85. The number of benzene rings is 2. The van der Waals surface area contributed by atoms with Gasteiger partial charge in [0.1, 0.15) is 5.03 Å². The van der Waals surface area contributed by atoms with Gasteiger partial charge in [0.15, 0.2) is 5.82 Å². The molecule has 1 N–H and O–H groups in total. The van der Waals surface area contributed by atoms with Crippen LogP contribution in [0.5, 0.6) is 0 Å². The fraction of sp³-hybridized carbons (Fsp3) is 0.348. The summed E-state index contributed by atoms with van der Waals surface area (Å²) in [6.45, 7) is 5.27. The van der Waals surface area contributed by atoms with Crippen molar-refractivity contribution in [3.05, 3.63) is 54.1 Å². The first kappa shape index (κ1) is 23.3. The van der Waals surface area contributed by atoms with Crippen molar-refractivity contribution in [2.24, 2.45) is 0 Å². The lowest BCUT2D eigenvalue weighted by molar-refractivity contribution is -0.137. The van der Waals surface area contributed by atoms with Gasteiger partial charge in [-0.15, -0.1) is 0 Å². The summed E-state index contributed by atoms with van der Waals surface area (Å²) in [7, 11) is 0. The summed E-state index contributed by atoms with van der Waals surface area (Å²) in [4.78, 5) is 24.1. The van der Waals surface area contributed by atoms with Crippen LogP contribution in [0.4, 0.5) is 24.7 Å². The van der Waals surface area contributed by atoms with Crippen LogP contribution in [0, 0.1) is 0 Å². The monoisotopic (exact) mass is 476 g/mol. The van der Waals surface area contributed by atoms with E-state index in [1.165, 1.54) is 23.9 Å². The number of ether oxygens (including phenoxy) is 1. The zero-order valence-electron chi connectivity index (χ0n) is 18.1. The zero-order chi connectivity index (χ0) is 23.6. The predicted octanol–water partition coefficient (Wildman–Crippen LogP) is 4.99. The highest BCUT2D eigenvalue weighted by atomic mass is 32.2. The van der Waals surface area contributed by atoms with Crippen molar-refractivity contribution in [2.45, 2.75) is 37.3 Å². The van der Waals surface area contributed by atoms with Gasteiger partial charge < -0.3 is 15.0 Å². The molecular formula is C23H23F3N4O2S. The third-order valence-corrected chi connectivity index (χ3v) is 6.01. The molecule has 1 aliphatic heterocycles. The first-order valence-corrected chi connectivity index (χ1v) is 11.4. The summed E-state index contributed by atoms with van der Waals surface area (Å²) in [6, 6.07) is 12.1. The van der Waals surface area contributed by atoms with Crippen LogP contribution in [0.2, 0.25) is 0 Å². The number of aromatic nitrogens is 2. The van der Waals surface area contributed by atoms with Crippen LogP contribution in [0.3, 0.4) is 0 Å². The Balaban J connectivity index is 1.53. The molecule has 174 valence electrons. The Bertz CT molecular complexity index is 1150. The largest absolute Gasteiger partial charge is 0.416 e. The zero-order valence-corrected chi connectivity index (χ0v) is 18.9. The number of halogens is 3. The Morgan fingerprint density at radius 3 is 2.42 bits per heavy atom. The molecule has 0 bridgehead atoms. The normalized spacial score (nSPS) is 19.0. The minimum atomic E-state index is -4.47. The number of carbonyl (C=O) groups is 1. The van der Waals surface area contributed by atoms with E-state index in [1.54, 1.807) is 0 Å². The third kappa shape index (κ3) is 5.75. The van der Waals surface area contributed by atoms with Gasteiger partial charge in [-0.3, -0.25) is 4.79 Å². The van der Waals surface area contributed by atoms with Gasteiger partial charge in [-0.25, -0.2) is 9.97 Å². The molecule has 0 spiro atoms. The molecule has 4 rings (SSSR count). The third-order valence-electron chi connectivity index (χ3n) is 5.05. The van der Waals surface area contributed by atoms with Gasteiger partial charge in [0.25, 0.3) is 0 Å². The van der Waals surface area contributed by atoms with Crippen molar-refractivity contribution in [1.29, 1.82) is 0 Å². The average Bonchev–Trinajstić information content (AvgIpc) is 2.76. The maximum atomic E-state index is 12.9. The Labute approximate surface area is 193 Å². The lowest BCUT2D eigenvalue weighted by atomic mass is 10.2. The number of nitrogens with zero attached hydrogens (tertiary/aromatic N) is 3. The highest BCUT2D eigenvalue weighted by Gasteiger charge is 2.30. The van der Waals surface area contributed by atoms with Crippen molar-refractivity contribution >= 4 is 40.2 Å². The number of alkyl halides is 3. The number of amides is 1. The number of carbonyl (C=O) groups excluding carboxylic acids is 1. The van der Waals surface area contributed by atoms with Gasteiger partial charge >= 0.3 is 6.18 Å². The van der Waals surface area contributed by atoms with Crippen molar-refractivity contribution in [3.8, 4) is 0 Å². The summed E-state index contributed by atoms with van der Waals surface area (Å²) >= 11 is 1.20. The summed E-state index contributed by atoms with van der Waals surface area (Å²) in [5.41, 5.74) is 0.732. The minimum Gasteiger partial charge on any atom is -0.372 e. The molecule has 1 amide bonds. The molecule has 1 fully saturated rings. The van der Waals surface area contributed by atoms with E-state index in [1.807, 2.05) is 38.1 Å². The van der Waals surface area contributed by atoms with Crippen LogP contribution in [0.25, 0.3) is 11.0 Å². The summed E-state index contributed by atoms with van der Waals surface area (Å²) in [5, 5.41) is 3.13. The molecule has 10 heteroatoms. The molecule has 0 aliphatic carbocycles. The average molecular weight is 477 g/mol. The number of anilines is 2. The summed E-state index contributed by atoms with van der Waals surface area (Å²) < 4.78 is 44.6. The van der Waals surface area contributed by atoms with Gasteiger partial charge in [0.2, 0.25) is 5.91 Å². The second-order valence-electron chi connectivity index (χ2n) is 7.92. The van der Waals surface area contributed by atoms with Gasteiger partial charge in [0.05, 0.1) is 34.6 Å². The van der Waals surface area contributed by atoms with E-state index in [-0.39, 0.29) is 23.6 Å².